The number of anilines is 1. The Kier molecular flexibility index (Phi) is 5.68. The van der Waals surface area contributed by atoms with Crippen molar-refractivity contribution < 1.29 is 9.00 Å². The second kappa shape index (κ2) is 7.97. The van der Waals surface area contributed by atoms with E-state index < -0.39 is 16.9 Å². The maximum absolute atomic E-state index is 12.5. The molecule has 26 heavy (non-hydrogen) atoms. The average Bonchev–Trinajstić information content (AvgIpc) is 2.63. The Morgan fingerprint density at radius 2 is 1.85 bits per heavy atom. The Balaban J connectivity index is 1.88. The van der Waals surface area contributed by atoms with Gasteiger partial charge in [0.25, 0.3) is 5.91 Å². The topological polar surface area (TPSA) is 85.1 Å². The first-order chi connectivity index (χ1) is 12.5. The van der Waals surface area contributed by atoms with Gasteiger partial charge in [0.05, 0.1) is 26.2 Å². The summed E-state index contributed by atoms with van der Waals surface area (Å²) in [4.78, 5) is 17.1. The molecule has 0 aliphatic heterocycles. The molecule has 0 bridgehead atoms. The van der Waals surface area contributed by atoms with E-state index in [0.717, 1.165) is 0 Å². The molecule has 2 aromatic carbocycles. The lowest BCUT2D eigenvalue weighted by Gasteiger charge is -2.10. The molecule has 8 heteroatoms. The molecule has 5 nitrogen and oxygen atoms in total. The number of halogens is 2. The number of carbonyl (C=O) groups excluding carboxylic acids is 1. The number of carbonyl (C=O) groups is 1. The molecule has 1 heterocycles. The van der Waals surface area contributed by atoms with Crippen LogP contribution in [0, 0.1) is 0 Å². The van der Waals surface area contributed by atoms with Crippen LogP contribution in [0.15, 0.2) is 65.7 Å². The highest BCUT2D eigenvalue weighted by molar-refractivity contribution is 7.82. The minimum Gasteiger partial charge on any atom is -0.322 e. The molecule has 1 aromatic heterocycles. The van der Waals surface area contributed by atoms with Gasteiger partial charge >= 0.3 is 0 Å². The van der Waals surface area contributed by atoms with E-state index in [9.17, 15) is 9.00 Å². The van der Waals surface area contributed by atoms with Crippen molar-refractivity contribution >= 4 is 45.8 Å². The van der Waals surface area contributed by atoms with E-state index in [0.29, 0.717) is 26.9 Å². The fraction of sp³-hybridized carbons (Fsp3) is 0. The predicted octanol–water partition coefficient (Wildman–Crippen LogP) is 4.29. The Bertz CT molecular complexity index is 997. The van der Waals surface area contributed by atoms with Crippen LogP contribution in [0.25, 0.3) is 11.3 Å². The Labute approximate surface area is 162 Å². The second-order valence-corrected chi connectivity index (χ2v) is 7.18. The maximum Gasteiger partial charge on any atom is 0.257 e. The van der Waals surface area contributed by atoms with Crippen LogP contribution in [0.4, 0.5) is 5.69 Å². The van der Waals surface area contributed by atoms with Gasteiger partial charge in [-0.25, -0.2) is 9.35 Å². The summed E-state index contributed by atoms with van der Waals surface area (Å²) in [7, 11) is -1.66. The van der Waals surface area contributed by atoms with Crippen LogP contribution in [0.5, 0.6) is 0 Å². The lowest BCUT2D eigenvalue weighted by atomic mass is 10.1. The summed E-state index contributed by atoms with van der Waals surface area (Å²) < 4.78 is 11.3. The molecule has 132 valence electrons. The van der Waals surface area contributed by atoms with Gasteiger partial charge in [-0.3, -0.25) is 9.78 Å². The zero-order valence-electron chi connectivity index (χ0n) is 13.3. The van der Waals surface area contributed by atoms with Crippen molar-refractivity contribution in [3.05, 3.63) is 76.4 Å². The number of amides is 1. The number of hydrogen-bond donors (Lipinski definition) is 2. The maximum atomic E-state index is 12.5. The van der Waals surface area contributed by atoms with Gasteiger partial charge in [0.1, 0.15) is 11.0 Å². The van der Waals surface area contributed by atoms with Crippen LogP contribution in [0.2, 0.25) is 10.0 Å². The Morgan fingerprint density at radius 1 is 1.04 bits per heavy atom. The van der Waals surface area contributed by atoms with E-state index in [1.807, 2.05) is 18.2 Å². The van der Waals surface area contributed by atoms with E-state index in [1.165, 1.54) is 18.2 Å². The largest absolute Gasteiger partial charge is 0.322 e. The number of rotatable bonds is 4. The number of nitrogens with zero attached hydrogens (tertiary/aromatic N) is 1. The molecule has 3 aromatic rings. The first-order valence-electron chi connectivity index (χ1n) is 7.44. The molecule has 0 radical (unpaired) electrons. The zero-order valence-corrected chi connectivity index (χ0v) is 15.6. The molecule has 0 spiro atoms. The fourth-order valence-electron chi connectivity index (χ4n) is 2.32. The quantitative estimate of drug-likeness (QED) is 0.678. The molecule has 0 fully saturated rings. The van der Waals surface area contributed by atoms with Gasteiger partial charge in [-0.1, -0.05) is 29.3 Å². The van der Waals surface area contributed by atoms with Crippen LogP contribution in [-0.4, -0.2) is 15.1 Å². The molecule has 3 rings (SSSR count). The number of pyridine rings is 1. The number of benzene rings is 2. The Morgan fingerprint density at radius 3 is 2.50 bits per heavy atom. The first kappa shape index (κ1) is 18.5. The Hall–Kier alpha value is -2.25. The minimum absolute atomic E-state index is 0.165. The molecule has 0 aliphatic carbocycles. The summed E-state index contributed by atoms with van der Waals surface area (Å²) in [6.07, 6.45) is 1.67. The van der Waals surface area contributed by atoms with Crippen molar-refractivity contribution in [3.8, 4) is 11.3 Å². The number of aromatic nitrogens is 1. The molecule has 1 amide bonds. The predicted molar refractivity (Wildman–Crippen MR) is 105 cm³/mol. The fourth-order valence-corrected chi connectivity index (χ4v) is 3.31. The SMILES string of the molecule is NS(=O)c1ccc(C(=O)Nc2ccc(Cl)c(-c3ccccn3)c2)c(Cl)c1. The van der Waals surface area contributed by atoms with Crippen LogP contribution in [-0.2, 0) is 11.0 Å². The van der Waals surface area contributed by atoms with E-state index >= 15 is 0 Å². The summed E-state index contributed by atoms with van der Waals surface area (Å²) >= 11 is 12.3. The van der Waals surface area contributed by atoms with Crippen molar-refractivity contribution in [2.24, 2.45) is 5.14 Å². The molecule has 0 saturated heterocycles. The molecular formula is C18H13Cl2N3O2S. The lowest BCUT2D eigenvalue weighted by molar-refractivity contribution is 0.102. The normalized spacial score (nSPS) is 11.8. The van der Waals surface area contributed by atoms with Crippen LogP contribution in [0.1, 0.15) is 10.4 Å². The summed E-state index contributed by atoms with van der Waals surface area (Å²) in [5, 5.41) is 8.77. The third kappa shape index (κ3) is 4.11. The van der Waals surface area contributed by atoms with Crippen molar-refractivity contribution in [3.63, 3.8) is 0 Å². The minimum atomic E-state index is -1.66. The smallest absolute Gasteiger partial charge is 0.257 e. The van der Waals surface area contributed by atoms with Crippen LogP contribution in [0.3, 0.4) is 0 Å². The first-order valence-corrected chi connectivity index (χ1v) is 9.40. The summed E-state index contributed by atoms with van der Waals surface area (Å²) in [6, 6.07) is 15.0. The number of hydrogen-bond acceptors (Lipinski definition) is 3. The van der Waals surface area contributed by atoms with Gasteiger partial charge in [0.15, 0.2) is 0 Å². The van der Waals surface area contributed by atoms with Gasteiger partial charge in [-0.2, -0.15) is 0 Å². The third-order valence-corrected chi connectivity index (χ3v) is 4.94. The highest BCUT2D eigenvalue weighted by Gasteiger charge is 2.14. The van der Waals surface area contributed by atoms with Crippen molar-refractivity contribution in [2.75, 3.05) is 5.32 Å². The standard InChI is InChI=1S/C18H13Cl2N3O2S/c19-15-7-4-11(9-14(15)17-3-1-2-8-22-17)23-18(24)13-6-5-12(26(21)25)10-16(13)20/h1-10H,21H2,(H,23,24). The highest BCUT2D eigenvalue weighted by atomic mass is 35.5. The van der Waals surface area contributed by atoms with Crippen molar-refractivity contribution in [1.82, 2.24) is 4.98 Å². The molecular weight excluding hydrogens is 393 g/mol. The van der Waals surface area contributed by atoms with Crippen LogP contribution < -0.4 is 10.5 Å². The highest BCUT2D eigenvalue weighted by Crippen LogP contribution is 2.29. The van der Waals surface area contributed by atoms with Crippen molar-refractivity contribution in [2.45, 2.75) is 4.90 Å². The molecule has 0 aliphatic rings. The molecule has 1 atom stereocenters. The lowest BCUT2D eigenvalue weighted by Crippen LogP contribution is -2.13. The van der Waals surface area contributed by atoms with Crippen LogP contribution >= 0.6 is 23.2 Å². The van der Waals surface area contributed by atoms with Gasteiger partial charge in [-0.15, -0.1) is 0 Å². The summed E-state index contributed by atoms with van der Waals surface area (Å²) in [6.45, 7) is 0. The third-order valence-electron chi connectivity index (χ3n) is 3.58. The van der Waals surface area contributed by atoms with E-state index in [1.54, 1.807) is 24.4 Å². The molecule has 0 saturated carbocycles. The zero-order chi connectivity index (χ0) is 18.7. The number of nitrogens with two attached hydrogens (primary N) is 1. The second-order valence-electron chi connectivity index (χ2n) is 5.30. The summed E-state index contributed by atoms with van der Waals surface area (Å²) in [5.74, 6) is -0.404. The van der Waals surface area contributed by atoms with E-state index in [4.69, 9.17) is 28.3 Å². The van der Waals surface area contributed by atoms with Gasteiger partial charge in [-0.05, 0) is 48.5 Å². The van der Waals surface area contributed by atoms with E-state index in [2.05, 4.69) is 10.3 Å². The van der Waals surface area contributed by atoms with E-state index in [-0.39, 0.29) is 10.6 Å². The molecule has 3 N–H and O–H groups in total. The van der Waals surface area contributed by atoms with Gasteiger partial charge in [0.2, 0.25) is 0 Å². The van der Waals surface area contributed by atoms with Crippen molar-refractivity contribution in [1.29, 1.82) is 0 Å². The number of nitrogens with one attached hydrogen (secondary N) is 1. The van der Waals surface area contributed by atoms with Gasteiger partial charge < -0.3 is 5.32 Å². The molecule has 1 unspecified atom stereocenters. The monoisotopic (exact) mass is 405 g/mol. The summed E-state index contributed by atoms with van der Waals surface area (Å²) in [5.41, 5.74) is 2.18. The average molecular weight is 406 g/mol. The van der Waals surface area contributed by atoms with Gasteiger partial charge in [0, 0.05) is 17.4 Å².